The Kier molecular flexibility index (Phi) is 5.12. The summed E-state index contributed by atoms with van der Waals surface area (Å²) in [5, 5.41) is 4.53. The lowest BCUT2D eigenvalue weighted by Crippen LogP contribution is -2.16. The minimum Gasteiger partial charge on any atom is -0.0987 e. The first-order valence-corrected chi connectivity index (χ1v) is 12.4. The average Bonchev–Trinajstić information content (AvgIpc) is 3.14. The van der Waals surface area contributed by atoms with Crippen molar-refractivity contribution in [1.82, 2.24) is 0 Å². The number of hydrogen-bond donors (Lipinski definition) is 0. The first-order valence-electron chi connectivity index (χ1n) is 12.4. The third-order valence-electron chi connectivity index (χ3n) is 7.84. The van der Waals surface area contributed by atoms with Crippen molar-refractivity contribution in [3.05, 3.63) is 133 Å². The van der Waals surface area contributed by atoms with Gasteiger partial charge in [0.15, 0.2) is 0 Å². The molecule has 0 spiro atoms. The van der Waals surface area contributed by atoms with Crippen LogP contribution in [-0.4, -0.2) is 7.85 Å². The Labute approximate surface area is 214 Å². The van der Waals surface area contributed by atoms with Crippen molar-refractivity contribution in [1.29, 1.82) is 0 Å². The topological polar surface area (TPSA) is 0 Å². The van der Waals surface area contributed by atoms with Gasteiger partial charge in [0.25, 0.3) is 0 Å². The van der Waals surface area contributed by atoms with E-state index < -0.39 is 0 Å². The molecule has 0 aromatic heterocycles. The monoisotopic (exact) mass is 458 g/mol. The van der Waals surface area contributed by atoms with Crippen molar-refractivity contribution in [2.75, 3.05) is 0 Å². The van der Waals surface area contributed by atoms with Gasteiger partial charge in [0, 0.05) is 5.41 Å². The molecule has 0 saturated carbocycles. The zero-order valence-corrected chi connectivity index (χ0v) is 20.8. The van der Waals surface area contributed by atoms with Crippen LogP contribution in [0.25, 0.3) is 49.4 Å². The Morgan fingerprint density at radius 2 is 1.19 bits per heavy atom. The molecule has 0 aliphatic heterocycles. The second kappa shape index (κ2) is 8.24. The van der Waals surface area contributed by atoms with Gasteiger partial charge in [0.05, 0.1) is 0 Å². The summed E-state index contributed by atoms with van der Waals surface area (Å²) in [7, 11) is 6.67. The Morgan fingerprint density at radius 1 is 0.639 bits per heavy atom. The largest absolute Gasteiger partial charge is 0.115 e. The predicted molar refractivity (Wildman–Crippen MR) is 158 cm³/mol. The van der Waals surface area contributed by atoms with Crippen LogP contribution in [0.15, 0.2) is 122 Å². The molecule has 1 aliphatic carbocycles. The van der Waals surface area contributed by atoms with Crippen molar-refractivity contribution in [2.45, 2.75) is 19.3 Å². The quantitative estimate of drug-likeness (QED) is 0.187. The summed E-state index contributed by atoms with van der Waals surface area (Å²) in [6, 6.07) is 32.5. The highest BCUT2D eigenvalue weighted by Gasteiger charge is 2.35. The van der Waals surface area contributed by atoms with Gasteiger partial charge in [-0.1, -0.05) is 130 Å². The highest BCUT2D eigenvalue weighted by atomic mass is 14.4. The summed E-state index contributed by atoms with van der Waals surface area (Å²) in [5.74, 6) is 0. The van der Waals surface area contributed by atoms with Crippen LogP contribution < -0.4 is 5.46 Å². The molecule has 1 heteroatoms. The third kappa shape index (κ3) is 3.09. The zero-order valence-electron chi connectivity index (χ0n) is 20.8. The lowest BCUT2D eigenvalue weighted by Gasteiger charge is -2.24. The van der Waals surface area contributed by atoms with Gasteiger partial charge < -0.3 is 0 Å². The Bertz CT molecular complexity index is 1690. The molecule has 170 valence electrons. The van der Waals surface area contributed by atoms with Crippen LogP contribution in [0.5, 0.6) is 0 Å². The smallest absolute Gasteiger partial charge is 0.0987 e. The summed E-state index contributed by atoms with van der Waals surface area (Å²) in [5.41, 5.74) is 10.5. The zero-order chi connectivity index (χ0) is 25.0. The van der Waals surface area contributed by atoms with Crippen LogP contribution in [-0.2, 0) is 5.41 Å². The van der Waals surface area contributed by atoms with E-state index in [-0.39, 0.29) is 5.41 Å². The molecule has 2 radical (unpaired) electrons. The van der Waals surface area contributed by atoms with Crippen LogP contribution in [0.1, 0.15) is 25.0 Å². The van der Waals surface area contributed by atoms with Crippen LogP contribution in [0.4, 0.5) is 0 Å². The molecule has 0 saturated heterocycles. The van der Waals surface area contributed by atoms with Crippen molar-refractivity contribution < 1.29 is 0 Å². The van der Waals surface area contributed by atoms with Gasteiger partial charge in [0.1, 0.15) is 7.85 Å². The maximum atomic E-state index is 6.67. The molecule has 0 bridgehead atoms. The lowest BCUT2D eigenvalue weighted by molar-refractivity contribution is 0.655. The van der Waals surface area contributed by atoms with Crippen LogP contribution in [0.3, 0.4) is 0 Å². The summed E-state index contributed by atoms with van der Waals surface area (Å²) in [6.45, 7) is 12.7. The SMILES string of the molecule is [B]c1c2ccccc2c(-c2ccccc2-c2ccc3c(c2)C(C)(C)C(C=C)=C3C=C)c2ccccc12. The molecule has 5 aromatic rings. The van der Waals surface area contributed by atoms with Crippen molar-refractivity contribution in [3.8, 4) is 22.3 Å². The fraction of sp³-hybridized carbons (Fsp3) is 0.0857. The van der Waals surface area contributed by atoms with Gasteiger partial charge in [-0.2, -0.15) is 0 Å². The van der Waals surface area contributed by atoms with E-state index in [0.717, 1.165) is 16.2 Å². The van der Waals surface area contributed by atoms with Crippen molar-refractivity contribution >= 4 is 40.4 Å². The lowest BCUT2D eigenvalue weighted by atomic mass is 9.78. The number of benzene rings is 5. The van der Waals surface area contributed by atoms with Gasteiger partial charge in [0.2, 0.25) is 0 Å². The van der Waals surface area contributed by atoms with Crippen LogP contribution in [0.2, 0.25) is 0 Å². The van der Waals surface area contributed by atoms with Gasteiger partial charge in [-0.25, -0.2) is 0 Å². The molecule has 0 atom stereocenters. The number of rotatable bonds is 4. The molecule has 0 fully saturated rings. The second-order valence-electron chi connectivity index (χ2n) is 10.0. The van der Waals surface area contributed by atoms with E-state index in [2.05, 4.69) is 118 Å². The predicted octanol–water partition coefficient (Wildman–Crippen LogP) is 8.54. The number of hydrogen-bond acceptors (Lipinski definition) is 0. The van der Waals surface area contributed by atoms with Crippen LogP contribution in [0, 0.1) is 0 Å². The minimum absolute atomic E-state index is 0.133. The maximum absolute atomic E-state index is 6.67. The standard InChI is InChI=1S/C35H27B/c1-5-23-25-20-19-22(21-32(25)35(3,4)31(23)6-2)24-13-7-8-14-26(24)33-27-15-9-11-17-29(27)34(36)30-18-12-10-16-28(30)33/h5-21H,1-2H2,3-4H3. The normalized spacial score (nSPS) is 14.3. The van der Waals surface area contributed by atoms with E-state index in [1.807, 2.05) is 12.2 Å². The highest BCUT2D eigenvalue weighted by molar-refractivity contribution is 6.47. The molecule has 5 aromatic carbocycles. The first kappa shape index (κ1) is 22.4. The van der Waals surface area contributed by atoms with Gasteiger partial charge in [-0.05, 0) is 72.1 Å². The Hall–Kier alpha value is -4.10. The average molecular weight is 458 g/mol. The Morgan fingerprint density at radius 3 is 1.78 bits per heavy atom. The molecule has 0 unspecified atom stereocenters. The second-order valence-corrected chi connectivity index (χ2v) is 10.0. The fourth-order valence-electron chi connectivity index (χ4n) is 6.08. The van der Waals surface area contributed by atoms with E-state index >= 15 is 0 Å². The summed E-state index contributed by atoms with van der Waals surface area (Å²) >= 11 is 0. The van der Waals surface area contributed by atoms with Crippen molar-refractivity contribution in [2.24, 2.45) is 0 Å². The number of allylic oxidation sites excluding steroid dienone is 4. The van der Waals surface area contributed by atoms with E-state index in [1.54, 1.807) is 0 Å². The molecule has 36 heavy (non-hydrogen) atoms. The van der Waals surface area contributed by atoms with Gasteiger partial charge in [-0.15, -0.1) is 0 Å². The van der Waals surface area contributed by atoms with Gasteiger partial charge in [-0.3, -0.25) is 0 Å². The van der Waals surface area contributed by atoms with Crippen molar-refractivity contribution in [3.63, 3.8) is 0 Å². The maximum Gasteiger partial charge on any atom is 0.115 e. The number of fused-ring (bicyclic) bond motifs is 3. The molecule has 6 rings (SSSR count). The summed E-state index contributed by atoms with van der Waals surface area (Å²) in [6.07, 6.45) is 3.95. The third-order valence-corrected chi connectivity index (χ3v) is 7.84. The van der Waals surface area contributed by atoms with E-state index in [0.29, 0.717) is 0 Å². The van der Waals surface area contributed by atoms with Gasteiger partial charge >= 0.3 is 0 Å². The first-order chi connectivity index (χ1) is 17.5. The minimum atomic E-state index is -0.133. The van der Waals surface area contributed by atoms with Crippen LogP contribution >= 0.6 is 0 Å². The Balaban J connectivity index is 1.65. The molecule has 0 N–H and O–H groups in total. The summed E-state index contributed by atoms with van der Waals surface area (Å²) < 4.78 is 0. The highest BCUT2D eigenvalue weighted by Crippen LogP contribution is 2.49. The molecule has 0 amide bonds. The fourth-order valence-corrected chi connectivity index (χ4v) is 6.08. The molecular formula is C35H27B. The van der Waals surface area contributed by atoms with E-state index in [9.17, 15) is 0 Å². The molecule has 1 aliphatic rings. The van der Waals surface area contributed by atoms with E-state index in [4.69, 9.17) is 7.85 Å². The molecule has 0 heterocycles. The molecular weight excluding hydrogens is 431 g/mol. The molecule has 0 nitrogen and oxygen atoms in total. The van der Waals surface area contributed by atoms with E-state index in [1.165, 1.54) is 55.3 Å². The summed E-state index contributed by atoms with van der Waals surface area (Å²) in [4.78, 5) is 0.